The molecule has 0 bridgehead atoms. The summed E-state index contributed by atoms with van der Waals surface area (Å²) in [7, 11) is -3.37. The van der Waals surface area contributed by atoms with Crippen LogP contribution in [0.4, 0.5) is 0 Å². The molecule has 2 rings (SSSR count). The maximum absolute atomic E-state index is 12.1. The van der Waals surface area contributed by atoms with E-state index in [0.717, 1.165) is 16.5 Å². The summed E-state index contributed by atoms with van der Waals surface area (Å²) in [6.07, 6.45) is 1.12. The third-order valence-corrected chi connectivity index (χ3v) is 5.31. The van der Waals surface area contributed by atoms with E-state index in [1.54, 1.807) is 19.1 Å². The highest BCUT2D eigenvalue weighted by Crippen LogP contribution is 2.37. The summed E-state index contributed by atoms with van der Waals surface area (Å²) in [6, 6.07) is 5.30. The minimum atomic E-state index is -3.37. The van der Waals surface area contributed by atoms with Gasteiger partial charge in [0, 0.05) is 11.0 Å². The first-order valence-electron chi connectivity index (χ1n) is 5.66. The van der Waals surface area contributed by atoms with Gasteiger partial charge in [-0.25, -0.2) is 13.1 Å². The van der Waals surface area contributed by atoms with Crippen LogP contribution in [0, 0.1) is 18.8 Å². The van der Waals surface area contributed by atoms with E-state index in [0.29, 0.717) is 23.3 Å². The van der Waals surface area contributed by atoms with Gasteiger partial charge in [0.1, 0.15) is 0 Å². The van der Waals surface area contributed by atoms with Crippen molar-refractivity contribution in [3.8, 4) is 0 Å². The molecular formula is C12H16BrNO2S. The summed E-state index contributed by atoms with van der Waals surface area (Å²) in [5, 5.41) is 0. The monoisotopic (exact) mass is 317 g/mol. The fourth-order valence-electron chi connectivity index (χ4n) is 1.84. The fraction of sp³-hybridized carbons (Fsp3) is 0.500. The Balaban J connectivity index is 2.16. The Hall–Kier alpha value is -0.390. The molecule has 0 amide bonds. The van der Waals surface area contributed by atoms with Gasteiger partial charge in [-0.15, -0.1) is 0 Å². The molecule has 5 heteroatoms. The maximum Gasteiger partial charge on any atom is 0.240 e. The van der Waals surface area contributed by atoms with Gasteiger partial charge in [-0.3, -0.25) is 0 Å². The molecule has 1 aliphatic carbocycles. The van der Waals surface area contributed by atoms with Crippen LogP contribution >= 0.6 is 15.9 Å². The van der Waals surface area contributed by atoms with Crippen molar-refractivity contribution >= 4 is 26.0 Å². The van der Waals surface area contributed by atoms with Crippen molar-refractivity contribution < 1.29 is 8.42 Å². The number of aryl methyl sites for hydroxylation is 1. The zero-order chi connectivity index (χ0) is 12.6. The van der Waals surface area contributed by atoms with Crippen LogP contribution in [0.5, 0.6) is 0 Å². The molecule has 0 radical (unpaired) electrons. The largest absolute Gasteiger partial charge is 0.240 e. The molecule has 2 atom stereocenters. The van der Waals surface area contributed by atoms with E-state index in [1.165, 1.54) is 0 Å². The predicted octanol–water partition coefficient (Wildman–Crippen LogP) is 2.69. The van der Waals surface area contributed by atoms with Crippen molar-refractivity contribution in [1.82, 2.24) is 4.72 Å². The van der Waals surface area contributed by atoms with Crippen molar-refractivity contribution in [2.75, 3.05) is 6.54 Å². The van der Waals surface area contributed by atoms with E-state index in [9.17, 15) is 8.42 Å². The molecule has 1 N–H and O–H groups in total. The Morgan fingerprint density at radius 3 is 2.71 bits per heavy atom. The first-order valence-corrected chi connectivity index (χ1v) is 7.93. The van der Waals surface area contributed by atoms with E-state index < -0.39 is 10.0 Å². The van der Waals surface area contributed by atoms with Gasteiger partial charge in [0.15, 0.2) is 0 Å². The summed E-state index contributed by atoms with van der Waals surface area (Å²) >= 11 is 3.30. The van der Waals surface area contributed by atoms with Crippen LogP contribution in [-0.4, -0.2) is 15.0 Å². The second kappa shape index (κ2) is 4.71. The molecule has 2 unspecified atom stereocenters. The first kappa shape index (κ1) is 13.1. The van der Waals surface area contributed by atoms with Gasteiger partial charge in [0.25, 0.3) is 0 Å². The zero-order valence-electron chi connectivity index (χ0n) is 9.90. The van der Waals surface area contributed by atoms with Crippen LogP contribution in [-0.2, 0) is 10.0 Å². The second-order valence-corrected chi connectivity index (χ2v) is 7.39. The van der Waals surface area contributed by atoms with Crippen LogP contribution in [0.3, 0.4) is 0 Å². The Labute approximate surface area is 111 Å². The van der Waals surface area contributed by atoms with Crippen LogP contribution in [0.2, 0.25) is 0 Å². The molecule has 1 saturated carbocycles. The Morgan fingerprint density at radius 2 is 2.12 bits per heavy atom. The third kappa shape index (κ3) is 3.09. The zero-order valence-corrected chi connectivity index (χ0v) is 12.3. The molecule has 1 aromatic carbocycles. The molecule has 1 fully saturated rings. The van der Waals surface area contributed by atoms with E-state index in [-0.39, 0.29) is 0 Å². The highest BCUT2D eigenvalue weighted by molar-refractivity contribution is 9.10. The first-order chi connectivity index (χ1) is 7.90. The topological polar surface area (TPSA) is 46.2 Å². The normalized spacial score (nSPS) is 23.7. The van der Waals surface area contributed by atoms with Gasteiger partial charge in [-0.05, 0) is 42.9 Å². The van der Waals surface area contributed by atoms with Crippen LogP contribution in [0.25, 0.3) is 0 Å². The SMILES string of the molecule is Cc1ccc(Br)cc1S(=O)(=O)NCC1CC1C. The van der Waals surface area contributed by atoms with Gasteiger partial charge in [0.2, 0.25) is 10.0 Å². The average molecular weight is 318 g/mol. The number of hydrogen-bond acceptors (Lipinski definition) is 2. The van der Waals surface area contributed by atoms with Crippen molar-refractivity contribution in [2.24, 2.45) is 11.8 Å². The van der Waals surface area contributed by atoms with Crippen LogP contribution in [0.15, 0.2) is 27.6 Å². The Bertz CT molecular complexity index is 527. The fourth-order valence-corrected chi connectivity index (χ4v) is 3.72. The van der Waals surface area contributed by atoms with E-state index in [1.807, 2.05) is 6.07 Å². The summed E-state index contributed by atoms with van der Waals surface area (Å²) < 4.78 is 27.7. The molecule has 1 aromatic rings. The molecule has 0 aromatic heterocycles. The molecular weight excluding hydrogens is 302 g/mol. The minimum absolute atomic E-state index is 0.361. The van der Waals surface area contributed by atoms with Crippen LogP contribution in [0.1, 0.15) is 18.9 Å². The van der Waals surface area contributed by atoms with E-state index >= 15 is 0 Å². The highest BCUT2D eigenvalue weighted by Gasteiger charge is 2.33. The maximum atomic E-state index is 12.1. The average Bonchev–Trinajstić information content (AvgIpc) is 2.96. The van der Waals surface area contributed by atoms with Crippen molar-refractivity contribution in [3.05, 3.63) is 28.2 Å². The number of rotatable bonds is 4. The molecule has 1 aliphatic rings. The highest BCUT2D eigenvalue weighted by atomic mass is 79.9. The smallest absolute Gasteiger partial charge is 0.211 e. The van der Waals surface area contributed by atoms with Crippen molar-refractivity contribution in [3.63, 3.8) is 0 Å². The minimum Gasteiger partial charge on any atom is -0.211 e. The Kier molecular flexibility index (Phi) is 3.61. The predicted molar refractivity (Wildman–Crippen MR) is 71.3 cm³/mol. The molecule has 0 spiro atoms. The molecule has 0 heterocycles. The van der Waals surface area contributed by atoms with Gasteiger partial charge >= 0.3 is 0 Å². The number of nitrogens with one attached hydrogen (secondary N) is 1. The summed E-state index contributed by atoms with van der Waals surface area (Å²) in [4.78, 5) is 0.361. The molecule has 3 nitrogen and oxygen atoms in total. The van der Waals surface area contributed by atoms with Crippen molar-refractivity contribution in [1.29, 1.82) is 0 Å². The lowest BCUT2D eigenvalue weighted by atomic mass is 10.2. The van der Waals surface area contributed by atoms with Gasteiger partial charge in [0.05, 0.1) is 4.90 Å². The lowest BCUT2D eigenvalue weighted by molar-refractivity contribution is 0.574. The van der Waals surface area contributed by atoms with Gasteiger partial charge < -0.3 is 0 Å². The van der Waals surface area contributed by atoms with Crippen molar-refractivity contribution in [2.45, 2.75) is 25.2 Å². The van der Waals surface area contributed by atoms with Gasteiger partial charge in [-0.1, -0.05) is 28.9 Å². The molecule has 0 aliphatic heterocycles. The summed E-state index contributed by atoms with van der Waals surface area (Å²) in [5.74, 6) is 1.17. The van der Waals surface area contributed by atoms with Gasteiger partial charge in [-0.2, -0.15) is 0 Å². The summed E-state index contributed by atoms with van der Waals surface area (Å²) in [5.41, 5.74) is 0.768. The Morgan fingerprint density at radius 1 is 1.47 bits per heavy atom. The number of sulfonamides is 1. The third-order valence-electron chi connectivity index (χ3n) is 3.25. The molecule has 17 heavy (non-hydrogen) atoms. The van der Waals surface area contributed by atoms with E-state index in [2.05, 4.69) is 27.6 Å². The van der Waals surface area contributed by atoms with E-state index in [4.69, 9.17) is 0 Å². The number of halogens is 1. The standard InChI is InChI=1S/C12H16BrNO2S/c1-8-3-4-11(13)6-12(8)17(15,16)14-7-10-5-9(10)2/h3-4,6,9-10,14H,5,7H2,1-2H3. The lowest BCUT2D eigenvalue weighted by Gasteiger charge is -2.09. The molecule has 0 saturated heterocycles. The number of benzene rings is 1. The second-order valence-electron chi connectivity index (χ2n) is 4.73. The lowest BCUT2D eigenvalue weighted by Crippen LogP contribution is -2.26. The molecule has 94 valence electrons. The quantitative estimate of drug-likeness (QED) is 0.928. The number of hydrogen-bond donors (Lipinski definition) is 1. The van der Waals surface area contributed by atoms with Crippen LogP contribution < -0.4 is 4.72 Å². The summed E-state index contributed by atoms with van der Waals surface area (Å²) in [6.45, 7) is 4.50.